The number of rotatable bonds is 10. The highest BCUT2D eigenvalue weighted by Gasteiger charge is 2.53. The molecule has 0 bridgehead atoms. The molecule has 12 nitrogen and oxygen atoms in total. The molecule has 14 heteroatoms. The molecule has 1 amide bonds. The van der Waals surface area contributed by atoms with E-state index in [9.17, 15) is 23.1 Å². The monoisotopic (exact) mass is 534 g/mol. The maximum absolute atomic E-state index is 13.0. The molecule has 0 aromatic carbocycles. The maximum Gasteiger partial charge on any atom is 0.457 e. The Hall–Kier alpha value is -1.45. The third-order valence-electron chi connectivity index (χ3n) is 6.92. The Morgan fingerprint density at radius 1 is 1.22 bits per heavy atom. The predicted octanol–water partition coefficient (Wildman–Crippen LogP) is 1.32. The number of nitrogens with one attached hydrogen (secondary N) is 2. The first-order chi connectivity index (χ1) is 16.2. The predicted molar refractivity (Wildman–Crippen MR) is 135 cm³/mol. The highest BCUT2D eigenvalue weighted by molar-refractivity contribution is 7.87. The molecular formula is C22H43BN4O8S. The van der Waals surface area contributed by atoms with E-state index in [2.05, 4.69) is 10.0 Å². The Morgan fingerprint density at radius 3 is 2.28 bits per heavy atom. The average Bonchev–Trinajstić information content (AvgIpc) is 3.12. The molecule has 36 heavy (non-hydrogen) atoms. The second kappa shape index (κ2) is 10.7. The normalized spacial score (nSPS) is 27.1. The van der Waals surface area contributed by atoms with Crippen LogP contribution in [-0.2, 0) is 29.0 Å². The number of nitrogens with two attached hydrogens (primary N) is 1. The van der Waals surface area contributed by atoms with E-state index in [1.807, 2.05) is 27.7 Å². The number of hydrogen-bond acceptors (Lipinski definition) is 8. The second-order valence-electron chi connectivity index (χ2n) is 11.9. The van der Waals surface area contributed by atoms with Crippen LogP contribution in [0.25, 0.3) is 0 Å². The van der Waals surface area contributed by atoms with E-state index < -0.39 is 63.7 Å². The molecule has 0 saturated carbocycles. The number of amides is 1. The average molecular weight is 534 g/mol. The highest BCUT2D eigenvalue weighted by atomic mass is 32.2. The number of carbonyl (C=O) groups is 2. The van der Waals surface area contributed by atoms with Crippen LogP contribution in [-0.4, -0.2) is 85.0 Å². The Balaban J connectivity index is 1.95. The van der Waals surface area contributed by atoms with Crippen LogP contribution < -0.4 is 15.8 Å². The second-order valence-corrected chi connectivity index (χ2v) is 13.6. The Labute approximate surface area is 215 Å². The lowest BCUT2D eigenvalue weighted by Crippen LogP contribution is -2.55. The van der Waals surface area contributed by atoms with Crippen molar-refractivity contribution in [1.82, 2.24) is 14.3 Å². The summed E-state index contributed by atoms with van der Waals surface area (Å²) in [6.45, 7) is 14.2. The van der Waals surface area contributed by atoms with Crippen molar-refractivity contribution < 1.29 is 37.2 Å². The number of nitrogens with zero attached hydrogens (tertiary/aromatic N) is 1. The molecule has 0 aliphatic carbocycles. The zero-order valence-electron chi connectivity index (χ0n) is 22.7. The van der Waals surface area contributed by atoms with Crippen LogP contribution in [0.5, 0.6) is 0 Å². The molecule has 2 fully saturated rings. The van der Waals surface area contributed by atoms with Gasteiger partial charge in [0.1, 0.15) is 11.1 Å². The van der Waals surface area contributed by atoms with Crippen molar-refractivity contribution in [2.75, 3.05) is 19.6 Å². The Kier molecular flexibility index (Phi) is 9.18. The lowest BCUT2D eigenvalue weighted by Gasteiger charge is -2.32. The van der Waals surface area contributed by atoms with Crippen LogP contribution in [0.1, 0.15) is 68.2 Å². The van der Waals surface area contributed by atoms with Gasteiger partial charge in [-0.15, -0.1) is 0 Å². The zero-order chi connectivity index (χ0) is 27.7. The van der Waals surface area contributed by atoms with Gasteiger partial charge in [0.05, 0.1) is 11.2 Å². The van der Waals surface area contributed by atoms with Gasteiger partial charge in [0.25, 0.3) is 10.2 Å². The van der Waals surface area contributed by atoms with Crippen LogP contribution in [0.15, 0.2) is 0 Å². The summed E-state index contributed by atoms with van der Waals surface area (Å²) in [7, 11) is -4.48. The van der Waals surface area contributed by atoms with Gasteiger partial charge >= 0.3 is 19.2 Å². The van der Waals surface area contributed by atoms with E-state index in [0.717, 1.165) is 4.31 Å². The fourth-order valence-electron chi connectivity index (χ4n) is 4.20. The van der Waals surface area contributed by atoms with Crippen molar-refractivity contribution in [2.45, 2.75) is 103 Å². The first-order valence-electron chi connectivity index (χ1n) is 12.3. The number of carboxylic acid groups (broad SMARTS) is 1. The topological polar surface area (TPSA) is 170 Å². The van der Waals surface area contributed by atoms with Crippen LogP contribution in [0.2, 0.25) is 6.32 Å². The molecule has 0 aromatic rings. The zero-order valence-corrected chi connectivity index (χ0v) is 23.5. The van der Waals surface area contributed by atoms with E-state index in [1.165, 1.54) is 0 Å². The lowest BCUT2D eigenvalue weighted by atomic mass is 9.78. The molecule has 3 atom stereocenters. The van der Waals surface area contributed by atoms with Gasteiger partial charge in [0.2, 0.25) is 0 Å². The summed E-state index contributed by atoms with van der Waals surface area (Å²) in [5.74, 6) is -1.84. The first kappa shape index (κ1) is 30.8. The van der Waals surface area contributed by atoms with Gasteiger partial charge in [-0.2, -0.15) is 17.4 Å². The van der Waals surface area contributed by atoms with E-state index in [1.54, 1.807) is 27.7 Å². The number of hydrogen-bond donors (Lipinski definition) is 4. The van der Waals surface area contributed by atoms with Crippen LogP contribution in [0.3, 0.4) is 0 Å². The van der Waals surface area contributed by atoms with Gasteiger partial charge in [-0.3, -0.25) is 4.79 Å². The third-order valence-corrected chi connectivity index (χ3v) is 8.58. The lowest BCUT2D eigenvalue weighted by molar-refractivity contribution is -0.144. The molecule has 0 radical (unpaired) electrons. The summed E-state index contributed by atoms with van der Waals surface area (Å²) in [4.78, 5) is 23.9. The summed E-state index contributed by atoms with van der Waals surface area (Å²) < 4.78 is 46.6. The van der Waals surface area contributed by atoms with Gasteiger partial charge in [-0.25, -0.2) is 4.79 Å². The number of ether oxygens (including phenoxy) is 1. The summed E-state index contributed by atoms with van der Waals surface area (Å²) in [6, 6.07) is -0.665. The standard InChI is InChI=1S/C22H43BN4O8S/c1-15(12-25-18(30)33-19(2,3)4)26-36(31,32)27-13-16(22(24,14-27)17(28)29)10-9-11-23-34-20(5,6)21(7,8)35-23/h15-16,26H,9-14,24H2,1-8H3,(H,25,30)(H,28,29)/t15-,16-,22+/m1/s1. The number of alkyl carbamates (subject to hydrolysis) is 1. The van der Waals surface area contributed by atoms with Gasteiger partial charge in [0, 0.05) is 31.6 Å². The molecule has 0 aromatic heterocycles. The largest absolute Gasteiger partial charge is 0.480 e. The van der Waals surface area contributed by atoms with Crippen molar-refractivity contribution in [2.24, 2.45) is 11.7 Å². The Morgan fingerprint density at radius 2 is 1.78 bits per heavy atom. The van der Waals surface area contributed by atoms with Gasteiger partial charge < -0.3 is 30.2 Å². The highest BCUT2D eigenvalue weighted by Crippen LogP contribution is 2.39. The van der Waals surface area contributed by atoms with Crippen LogP contribution >= 0.6 is 0 Å². The van der Waals surface area contributed by atoms with Crippen molar-refractivity contribution >= 4 is 29.4 Å². The van der Waals surface area contributed by atoms with E-state index in [4.69, 9.17) is 19.8 Å². The number of aliphatic carboxylic acids is 1. The molecule has 2 saturated heterocycles. The molecule has 2 aliphatic rings. The molecule has 0 unspecified atom stereocenters. The third kappa shape index (κ3) is 7.54. The van der Waals surface area contributed by atoms with E-state index in [0.29, 0.717) is 19.2 Å². The van der Waals surface area contributed by atoms with Crippen molar-refractivity contribution in [1.29, 1.82) is 0 Å². The van der Waals surface area contributed by atoms with Gasteiger partial charge in [-0.1, -0.05) is 6.42 Å². The number of carboxylic acids is 1. The van der Waals surface area contributed by atoms with E-state index >= 15 is 0 Å². The Bertz CT molecular complexity index is 907. The summed E-state index contributed by atoms with van der Waals surface area (Å²) in [6.07, 6.45) is 0.834. The molecule has 0 spiro atoms. The molecule has 208 valence electrons. The first-order valence-corrected chi connectivity index (χ1v) is 13.7. The molecule has 2 aliphatic heterocycles. The SMILES string of the molecule is C[C@H](CNC(=O)OC(C)(C)C)NS(=O)(=O)N1C[C@@H](CCCB2OC(C)(C)C(C)(C)O2)[C@](N)(C(=O)O)C1. The van der Waals surface area contributed by atoms with Crippen LogP contribution in [0.4, 0.5) is 4.79 Å². The summed E-state index contributed by atoms with van der Waals surface area (Å²) >= 11 is 0. The fraction of sp³-hybridized carbons (Fsp3) is 0.909. The molecule has 5 N–H and O–H groups in total. The van der Waals surface area contributed by atoms with Crippen LogP contribution in [0, 0.1) is 5.92 Å². The number of carbonyl (C=O) groups excluding carboxylic acids is 1. The van der Waals surface area contributed by atoms with Crippen molar-refractivity contribution in [3.63, 3.8) is 0 Å². The van der Waals surface area contributed by atoms with E-state index in [-0.39, 0.29) is 19.6 Å². The molecule has 2 heterocycles. The molecular weight excluding hydrogens is 491 g/mol. The van der Waals surface area contributed by atoms with Gasteiger partial charge in [-0.05, 0) is 68.1 Å². The minimum Gasteiger partial charge on any atom is -0.480 e. The quantitative estimate of drug-likeness (QED) is 0.302. The molecule has 2 rings (SSSR count). The van der Waals surface area contributed by atoms with Crippen molar-refractivity contribution in [3.8, 4) is 0 Å². The minimum absolute atomic E-state index is 0.00774. The van der Waals surface area contributed by atoms with Gasteiger partial charge in [0.15, 0.2) is 0 Å². The smallest absolute Gasteiger partial charge is 0.457 e. The summed E-state index contributed by atoms with van der Waals surface area (Å²) in [5.41, 5.74) is 2.91. The minimum atomic E-state index is -4.05. The fourth-order valence-corrected chi connectivity index (χ4v) is 5.70. The summed E-state index contributed by atoms with van der Waals surface area (Å²) in [5, 5.41) is 12.3. The maximum atomic E-state index is 13.0. The van der Waals surface area contributed by atoms with Crippen molar-refractivity contribution in [3.05, 3.63) is 0 Å².